The standard InChI is InChI=1S/C19H20N2O3S/c22-19(13-8-15-4-2-1-3-5-15)20-14-16-6-11-18(12-7-16)25(23,24)21-17-9-10-17/h1-8,11-13,17,21H,9-10,14H2,(H,20,22)/b13-8+. The summed E-state index contributed by atoms with van der Waals surface area (Å²) in [6, 6.07) is 16.2. The molecule has 1 fully saturated rings. The molecule has 1 amide bonds. The van der Waals surface area contributed by atoms with Gasteiger partial charge in [0.15, 0.2) is 0 Å². The average molecular weight is 356 g/mol. The van der Waals surface area contributed by atoms with Gasteiger partial charge in [0.05, 0.1) is 4.90 Å². The second kappa shape index (κ2) is 7.63. The first-order valence-electron chi connectivity index (χ1n) is 8.15. The van der Waals surface area contributed by atoms with Gasteiger partial charge < -0.3 is 5.32 Å². The van der Waals surface area contributed by atoms with E-state index < -0.39 is 10.0 Å². The van der Waals surface area contributed by atoms with Crippen LogP contribution in [0.3, 0.4) is 0 Å². The van der Waals surface area contributed by atoms with Crippen molar-refractivity contribution in [2.24, 2.45) is 0 Å². The van der Waals surface area contributed by atoms with Gasteiger partial charge in [-0.2, -0.15) is 0 Å². The highest BCUT2D eigenvalue weighted by molar-refractivity contribution is 7.89. The van der Waals surface area contributed by atoms with E-state index in [-0.39, 0.29) is 16.8 Å². The third-order valence-corrected chi connectivity index (χ3v) is 5.36. The van der Waals surface area contributed by atoms with Crippen LogP contribution in [0.25, 0.3) is 6.08 Å². The van der Waals surface area contributed by atoms with Crippen molar-refractivity contribution in [2.45, 2.75) is 30.3 Å². The third kappa shape index (κ3) is 5.27. The molecule has 1 saturated carbocycles. The van der Waals surface area contributed by atoms with Gasteiger partial charge in [0.1, 0.15) is 0 Å². The fourth-order valence-corrected chi connectivity index (χ4v) is 3.56. The van der Waals surface area contributed by atoms with Crippen molar-refractivity contribution in [1.29, 1.82) is 0 Å². The summed E-state index contributed by atoms with van der Waals surface area (Å²) in [6.07, 6.45) is 5.03. The molecule has 0 aromatic heterocycles. The van der Waals surface area contributed by atoms with Crippen LogP contribution in [0.1, 0.15) is 24.0 Å². The molecule has 0 saturated heterocycles. The van der Waals surface area contributed by atoms with E-state index >= 15 is 0 Å². The normalized spacial score (nSPS) is 14.6. The average Bonchev–Trinajstić information content (AvgIpc) is 3.43. The molecule has 0 spiro atoms. The molecular weight excluding hydrogens is 336 g/mol. The van der Waals surface area contributed by atoms with Crippen LogP contribution in [-0.4, -0.2) is 20.4 Å². The Bertz CT molecular complexity index is 855. The number of carbonyl (C=O) groups is 1. The van der Waals surface area contributed by atoms with E-state index in [9.17, 15) is 13.2 Å². The van der Waals surface area contributed by atoms with Gasteiger partial charge in [0.25, 0.3) is 0 Å². The van der Waals surface area contributed by atoms with Gasteiger partial charge in [0.2, 0.25) is 15.9 Å². The number of nitrogens with one attached hydrogen (secondary N) is 2. The maximum atomic E-state index is 12.1. The van der Waals surface area contributed by atoms with Crippen LogP contribution in [0.15, 0.2) is 65.6 Å². The summed E-state index contributed by atoms with van der Waals surface area (Å²) in [4.78, 5) is 12.1. The largest absolute Gasteiger partial charge is 0.348 e. The van der Waals surface area contributed by atoms with Crippen molar-refractivity contribution in [3.05, 3.63) is 71.8 Å². The lowest BCUT2D eigenvalue weighted by Crippen LogP contribution is -2.25. The van der Waals surface area contributed by atoms with E-state index in [0.29, 0.717) is 6.54 Å². The lowest BCUT2D eigenvalue weighted by molar-refractivity contribution is -0.116. The molecule has 6 heteroatoms. The lowest BCUT2D eigenvalue weighted by atomic mass is 10.2. The molecule has 2 N–H and O–H groups in total. The van der Waals surface area contributed by atoms with Crippen LogP contribution in [0.2, 0.25) is 0 Å². The molecule has 0 bridgehead atoms. The minimum Gasteiger partial charge on any atom is -0.348 e. The second-order valence-electron chi connectivity index (χ2n) is 6.00. The van der Waals surface area contributed by atoms with Gasteiger partial charge in [-0.25, -0.2) is 13.1 Å². The summed E-state index contributed by atoms with van der Waals surface area (Å²) >= 11 is 0. The second-order valence-corrected chi connectivity index (χ2v) is 7.72. The first kappa shape index (κ1) is 17.4. The van der Waals surface area contributed by atoms with E-state index in [1.54, 1.807) is 30.3 Å². The topological polar surface area (TPSA) is 75.3 Å². The quantitative estimate of drug-likeness (QED) is 0.748. The molecule has 0 aliphatic heterocycles. The molecule has 0 atom stereocenters. The van der Waals surface area contributed by atoms with Gasteiger partial charge in [-0.1, -0.05) is 42.5 Å². The Hall–Kier alpha value is -2.44. The molecule has 1 aliphatic carbocycles. The number of benzene rings is 2. The molecule has 2 aromatic carbocycles. The Balaban J connectivity index is 1.53. The highest BCUT2D eigenvalue weighted by Crippen LogP contribution is 2.22. The number of carbonyl (C=O) groups excluding carboxylic acids is 1. The molecule has 0 heterocycles. The summed E-state index contributed by atoms with van der Waals surface area (Å²) in [6.45, 7) is 0.342. The minimum atomic E-state index is -3.43. The fourth-order valence-electron chi connectivity index (χ4n) is 2.26. The van der Waals surface area contributed by atoms with Crippen LogP contribution in [-0.2, 0) is 21.4 Å². The first-order valence-corrected chi connectivity index (χ1v) is 9.63. The van der Waals surface area contributed by atoms with Crippen molar-refractivity contribution in [1.82, 2.24) is 10.0 Å². The summed E-state index contributed by atoms with van der Waals surface area (Å²) in [5.41, 5.74) is 1.79. The number of sulfonamides is 1. The molecule has 130 valence electrons. The zero-order valence-corrected chi connectivity index (χ0v) is 14.5. The van der Waals surface area contributed by atoms with Crippen LogP contribution in [0, 0.1) is 0 Å². The molecule has 1 aliphatic rings. The Labute approximate surface area is 147 Å². The smallest absolute Gasteiger partial charge is 0.244 e. The Morgan fingerprint density at radius 1 is 1.04 bits per heavy atom. The number of amides is 1. The zero-order valence-electron chi connectivity index (χ0n) is 13.7. The van der Waals surface area contributed by atoms with Gasteiger partial charge in [-0.3, -0.25) is 4.79 Å². The molecule has 0 radical (unpaired) electrons. The summed E-state index contributed by atoms with van der Waals surface area (Å²) in [7, 11) is -3.43. The van der Waals surface area contributed by atoms with Crippen molar-refractivity contribution in [3.63, 3.8) is 0 Å². The number of hydrogen-bond donors (Lipinski definition) is 2. The van der Waals surface area contributed by atoms with Crippen molar-refractivity contribution in [3.8, 4) is 0 Å². The Morgan fingerprint density at radius 2 is 1.72 bits per heavy atom. The van der Waals surface area contributed by atoms with Crippen molar-refractivity contribution < 1.29 is 13.2 Å². The minimum absolute atomic E-state index is 0.0837. The predicted molar refractivity (Wildman–Crippen MR) is 97.1 cm³/mol. The SMILES string of the molecule is O=C(/C=C/c1ccccc1)NCc1ccc(S(=O)(=O)NC2CC2)cc1. The Kier molecular flexibility index (Phi) is 5.31. The van der Waals surface area contributed by atoms with E-state index in [1.165, 1.54) is 6.08 Å². The van der Waals surface area contributed by atoms with Crippen LogP contribution < -0.4 is 10.0 Å². The third-order valence-electron chi connectivity index (χ3n) is 3.83. The molecule has 2 aromatic rings. The fraction of sp³-hybridized carbons (Fsp3) is 0.211. The maximum Gasteiger partial charge on any atom is 0.244 e. The molecule has 3 rings (SSSR count). The summed E-state index contributed by atoms with van der Waals surface area (Å²) < 4.78 is 26.8. The van der Waals surface area contributed by atoms with E-state index in [0.717, 1.165) is 24.0 Å². The number of hydrogen-bond acceptors (Lipinski definition) is 3. The van der Waals surface area contributed by atoms with Gasteiger partial charge in [0, 0.05) is 18.7 Å². The highest BCUT2D eigenvalue weighted by atomic mass is 32.2. The molecule has 25 heavy (non-hydrogen) atoms. The van der Waals surface area contributed by atoms with Gasteiger partial charge in [-0.15, -0.1) is 0 Å². The van der Waals surface area contributed by atoms with E-state index in [2.05, 4.69) is 10.0 Å². The molecule has 5 nitrogen and oxygen atoms in total. The van der Waals surface area contributed by atoms with Crippen molar-refractivity contribution >= 4 is 22.0 Å². The maximum absolute atomic E-state index is 12.1. The summed E-state index contributed by atoms with van der Waals surface area (Å²) in [5.74, 6) is -0.198. The van der Waals surface area contributed by atoms with Gasteiger partial charge >= 0.3 is 0 Å². The van der Waals surface area contributed by atoms with E-state index in [4.69, 9.17) is 0 Å². The van der Waals surface area contributed by atoms with Crippen LogP contribution in [0.4, 0.5) is 0 Å². The lowest BCUT2D eigenvalue weighted by Gasteiger charge is -2.07. The highest BCUT2D eigenvalue weighted by Gasteiger charge is 2.27. The molecule has 0 unspecified atom stereocenters. The van der Waals surface area contributed by atoms with Gasteiger partial charge in [-0.05, 0) is 42.2 Å². The monoisotopic (exact) mass is 356 g/mol. The zero-order chi connectivity index (χ0) is 17.7. The number of rotatable bonds is 7. The van der Waals surface area contributed by atoms with E-state index in [1.807, 2.05) is 30.3 Å². The van der Waals surface area contributed by atoms with Crippen molar-refractivity contribution in [2.75, 3.05) is 0 Å². The van der Waals surface area contributed by atoms with Crippen LogP contribution in [0.5, 0.6) is 0 Å². The molecular formula is C19H20N2O3S. The van der Waals surface area contributed by atoms with Crippen LogP contribution >= 0.6 is 0 Å². The first-order chi connectivity index (χ1) is 12.0. The summed E-state index contributed by atoms with van der Waals surface area (Å²) in [5, 5.41) is 2.78. The Morgan fingerprint density at radius 3 is 2.36 bits per heavy atom. The predicted octanol–water partition coefficient (Wildman–Crippen LogP) is 2.46.